The topological polar surface area (TPSA) is 105 Å². The van der Waals surface area contributed by atoms with E-state index in [-0.39, 0.29) is 12.5 Å². The van der Waals surface area contributed by atoms with E-state index in [0.717, 1.165) is 37.7 Å². The summed E-state index contributed by atoms with van der Waals surface area (Å²) in [6.45, 7) is 2.87. The predicted octanol–water partition coefficient (Wildman–Crippen LogP) is 4.79. The van der Waals surface area contributed by atoms with Crippen molar-refractivity contribution in [3.63, 3.8) is 0 Å². The lowest BCUT2D eigenvalue weighted by Crippen LogP contribution is -2.40. The summed E-state index contributed by atoms with van der Waals surface area (Å²) < 4.78 is 5.13. The van der Waals surface area contributed by atoms with E-state index in [0.29, 0.717) is 25.8 Å². The first kappa shape index (κ1) is 26.5. The molecule has 7 heteroatoms. The number of carbonyl (C=O) groups excluding carboxylic acids is 2. The van der Waals surface area contributed by atoms with Gasteiger partial charge in [-0.05, 0) is 24.8 Å². The van der Waals surface area contributed by atoms with Gasteiger partial charge >= 0.3 is 12.1 Å². The highest BCUT2D eigenvalue weighted by Gasteiger charge is 2.18. The molecule has 0 aliphatic rings. The van der Waals surface area contributed by atoms with Crippen LogP contribution in [0.1, 0.15) is 83.1 Å². The molecule has 0 radical (unpaired) electrons. The molecule has 7 nitrogen and oxygen atoms in total. The average molecular weight is 435 g/mol. The lowest BCUT2D eigenvalue weighted by Gasteiger charge is -2.14. The summed E-state index contributed by atoms with van der Waals surface area (Å²) >= 11 is 0. The maximum atomic E-state index is 12.0. The molecule has 0 saturated heterocycles. The minimum Gasteiger partial charge on any atom is -0.480 e. The first-order valence-corrected chi connectivity index (χ1v) is 11.5. The summed E-state index contributed by atoms with van der Waals surface area (Å²) in [5.41, 5.74) is 0.930. The second-order valence-electron chi connectivity index (χ2n) is 7.81. The fraction of sp³-hybridized carbons (Fsp3) is 0.625. The van der Waals surface area contributed by atoms with Gasteiger partial charge in [0.1, 0.15) is 12.6 Å². The van der Waals surface area contributed by atoms with Gasteiger partial charge in [0.25, 0.3) is 0 Å². The van der Waals surface area contributed by atoms with Gasteiger partial charge in [-0.1, -0.05) is 82.2 Å². The van der Waals surface area contributed by atoms with E-state index >= 15 is 0 Å². The summed E-state index contributed by atoms with van der Waals surface area (Å²) in [4.78, 5) is 35.0. The van der Waals surface area contributed by atoms with Gasteiger partial charge in [0, 0.05) is 13.0 Å². The fourth-order valence-electron chi connectivity index (χ4n) is 3.20. The van der Waals surface area contributed by atoms with Crippen LogP contribution in [0.15, 0.2) is 30.3 Å². The highest BCUT2D eigenvalue weighted by atomic mass is 16.5. The van der Waals surface area contributed by atoms with Crippen LogP contribution >= 0.6 is 0 Å². The molecule has 2 amide bonds. The molecule has 3 N–H and O–H groups in total. The molecule has 1 aromatic carbocycles. The number of hydrogen-bond acceptors (Lipinski definition) is 4. The van der Waals surface area contributed by atoms with E-state index in [2.05, 4.69) is 17.6 Å². The van der Waals surface area contributed by atoms with E-state index in [1.165, 1.54) is 19.3 Å². The summed E-state index contributed by atoms with van der Waals surface area (Å²) in [5, 5.41) is 14.6. The number of carboxylic acids is 1. The number of alkyl carbamates (subject to hydrolysis) is 1. The standard InChI is InChI=1S/C24H38N2O5/c1-2-3-4-5-6-11-16-21(23(28)29)26-22(27)17-12-8-13-18-25-24(30)31-19-20-14-9-7-10-15-20/h7,9-10,14-15,21H,2-6,8,11-13,16-19H2,1H3,(H,25,30)(H,26,27)(H,28,29)/t21-/m0/s1. The molecule has 0 aromatic heterocycles. The molecule has 0 aliphatic heterocycles. The maximum absolute atomic E-state index is 12.0. The van der Waals surface area contributed by atoms with Gasteiger partial charge < -0.3 is 20.5 Å². The van der Waals surface area contributed by atoms with Crippen molar-refractivity contribution in [1.29, 1.82) is 0 Å². The Hall–Kier alpha value is -2.57. The monoisotopic (exact) mass is 434 g/mol. The molecular formula is C24H38N2O5. The van der Waals surface area contributed by atoms with Gasteiger partial charge in [-0.2, -0.15) is 0 Å². The Kier molecular flexibility index (Phi) is 14.6. The third-order valence-corrected chi connectivity index (χ3v) is 5.04. The van der Waals surface area contributed by atoms with Crippen LogP contribution in [0.5, 0.6) is 0 Å². The maximum Gasteiger partial charge on any atom is 0.407 e. The van der Waals surface area contributed by atoms with Crippen molar-refractivity contribution < 1.29 is 24.2 Å². The largest absolute Gasteiger partial charge is 0.480 e. The number of unbranched alkanes of at least 4 members (excludes halogenated alkanes) is 7. The normalized spacial score (nSPS) is 11.5. The Morgan fingerprint density at radius 1 is 0.935 bits per heavy atom. The molecule has 0 saturated carbocycles. The van der Waals surface area contributed by atoms with Crippen molar-refractivity contribution >= 4 is 18.0 Å². The third-order valence-electron chi connectivity index (χ3n) is 5.04. The van der Waals surface area contributed by atoms with Crippen LogP contribution in [-0.4, -0.2) is 35.7 Å². The number of aliphatic carboxylic acids is 1. The van der Waals surface area contributed by atoms with E-state index in [4.69, 9.17) is 4.74 Å². The molecule has 1 rings (SSSR count). The number of nitrogens with one attached hydrogen (secondary N) is 2. The first-order chi connectivity index (χ1) is 15.0. The minimum absolute atomic E-state index is 0.228. The molecule has 31 heavy (non-hydrogen) atoms. The number of rotatable bonds is 17. The molecule has 0 fully saturated rings. The molecule has 0 heterocycles. The highest BCUT2D eigenvalue weighted by molar-refractivity contribution is 5.83. The lowest BCUT2D eigenvalue weighted by molar-refractivity contribution is -0.142. The first-order valence-electron chi connectivity index (χ1n) is 11.5. The van der Waals surface area contributed by atoms with Crippen molar-refractivity contribution in [2.75, 3.05) is 6.54 Å². The number of benzene rings is 1. The van der Waals surface area contributed by atoms with Gasteiger partial charge in [0.05, 0.1) is 0 Å². The van der Waals surface area contributed by atoms with Crippen molar-refractivity contribution in [2.45, 2.75) is 90.2 Å². The number of hydrogen-bond donors (Lipinski definition) is 3. The Balaban J connectivity index is 2.06. The van der Waals surface area contributed by atoms with Gasteiger partial charge in [0.15, 0.2) is 0 Å². The van der Waals surface area contributed by atoms with Crippen molar-refractivity contribution in [1.82, 2.24) is 10.6 Å². The molecule has 0 unspecified atom stereocenters. The smallest absolute Gasteiger partial charge is 0.407 e. The summed E-state index contributed by atoms with van der Waals surface area (Å²) in [5.74, 6) is -1.20. The second kappa shape index (κ2) is 17.1. The van der Waals surface area contributed by atoms with Crippen LogP contribution in [0.25, 0.3) is 0 Å². The Bertz CT molecular complexity index is 636. The molecule has 0 bridgehead atoms. The zero-order chi connectivity index (χ0) is 22.7. The van der Waals surface area contributed by atoms with E-state index in [9.17, 15) is 19.5 Å². The van der Waals surface area contributed by atoms with Gasteiger partial charge in [0.2, 0.25) is 5.91 Å². The molecule has 0 aliphatic carbocycles. The highest BCUT2D eigenvalue weighted by Crippen LogP contribution is 2.09. The van der Waals surface area contributed by atoms with Gasteiger partial charge in [-0.25, -0.2) is 9.59 Å². The molecular weight excluding hydrogens is 396 g/mol. The predicted molar refractivity (Wildman–Crippen MR) is 121 cm³/mol. The number of amides is 2. The Labute approximate surface area is 185 Å². The van der Waals surface area contributed by atoms with Gasteiger partial charge in [-0.3, -0.25) is 4.79 Å². The van der Waals surface area contributed by atoms with Crippen molar-refractivity contribution in [3.05, 3.63) is 35.9 Å². The number of ether oxygens (including phenoxy) is 1. The van der Waals surface area contributed by atoms with E-state index in [1.807, 2.05) is 30.3 Å². The number of carboxylic acid groups (broad SMARTS) is 1. The minimum atomic E-state index is -0.972. The molecule has 0 spiro atoms. The number of carbonyl (C=O) groups is 3. The SMILES string of the molecule is CCCCCCCC[C@H](NC(=O)CCCCCNC(=O)OCc1ccccc1)C(=O)O. The second-order valence-corrected chi connectivity index (χ2v) is 7.81. The van der Waals surface area contributed by atoms with Gasteiger partial charge in [-0.15, -0.1) is 0 Å². The molecule has 1 atom stereocenters. The Morgan fingerprint density at radius 2 is 1.61 bits per heavy atom. The van der Waals surface area contributed by atoms with Crippen molar-refractivity contribution in [3.8, 4) is 0 Å². The van der Waals surface area contributed by atoms with Crippen molar-refractivity contribution in [2.24, 2.45) is 0 Å². The average Bonchev–Trinajstić information content (AvgIpc) is 2.76. The summed E-state index contributed by atoms with van der Waals surface area (Å²) in [6.07, 6.45) is 8.95. The zero-order valence-electron chi connectivity index (χ0n) is 18.7. The van der Waals surface area contributed by atoms with Crippen LogP contribution < -0.4 is 10.6 Å². The summed E-state index contributed by atoms with van der Waals surface area (Å²) in [6, 6.07) is 8.66. The van der Waals surface area contributed by atoms with Crippen LogP contribution in [0, 0.1) is 0 Å². The quantitative estimate of drug-likeness (QED) is 0.306. The van der Waals surface area contributed by atoms with Crippen LogP contribution in [0.3, 0.4) is 0 Å². The van der Waals surface area contributed by atoms with E-state index in [1.54, 1.807) is 0 Å². The van der Waals surface area contributed by atoms with E-state index < -0.39 is 18.1 Å². The summed E-state index contributed by atoms with van der Waals surface area (Å²) in [7, 11) is 0. The lowest BCUT2D eigenvalue weighted by atomic mass is 10.1. The zero-order valence-corrected chi connectivity index (χ0v) is 18.7. The Morgan fingerprint density at radius 3 is 2.32 bits per heavy atom. The van der Waals surface area contributed by atoms with Crippen LogP contribution in [-0.2, 0) is 20.9 Å². The van der Waals surface area contributed by atoms with Crippen LogP contribution in [0.4, 0.5) is 4.79 Å². The fourth-order valence-corrected chi connectivity index (χ4v) is 3.20. The van der Waals surface area contributed by atoms with Crippen LogP contribution in [0.2, 0.25) is 0 Å². The molecule has 1 aromatic rings. The molecule has 174 valence electrons. The third kappa shape index (κ3) is 14.1.